The van der Waals surface area contributed by atoms with Crippen molar-refractivity contribution < 1.29 is 4.79 Å². The summed E-state index contributed by atoms with van der Waals surface area (Å²) in [6.07, 6.45) is 2.23. The molecule has 0 spiro atoms. The molecular weight excluding hydrogens is 160 g/mol. The van der Waals surface area contributed by atoms with Crippen LogP contribution in [0.5, 0.6) is 0 Å². The SMILES string of the molecule is CC1=CC2(C)C(C)=C(C)C(=O)C12C. The number of fused-ring (bicyclic) bond motifs is 1. The first-order valence-corrected chi connectivity index (χ1v) is 4.78. The molecule has 2 rings (SSSR count). The lowest BCUT2D eigenvalue weighted by Crippen LogP contribution is -2.46. The zero-order valence-corrected chi connectivity index (χ0v) is 8.99. The molecule has 13 heavy (non-hydrogen) atoms. The van der Waals surface area contributed by atoms with E-state index in [0.717, 1.165) is 5.57 Å². The molecule has 0 fully saturated rings. The van der Waals surface area contributed by atoms with Crippen molar-refractivity contribution in [2.75, 3.05) is 0 Å². The summed E-state index contributed by atoms with van der Waals surface area (Å²) < 4.78 is 0. The van der Waals surface area contributed by atoms with E-state index in [9.17, 15) is 4.79 Å². The van der Waals surface area contributed by atoms with Crippen molar-refractivity contribution in [2.45, 2.75) is 34.6 Å². The summed E-state index contributed by atoms with van der Waals surface area (Å²) in [5.41, 5.74) is 3.25. The first-order valence-electron chi connectivity index (χ1n) is 4.78. The number of carbonyl (C=O) groups is 1. The van der Waals surface area contributed by atoms with Crippen LogP contribution in [0.25, 0.3) is 0 Å². The van der Waals surface area contributed by atoms with E-state index in [1.165, 1.54) is 11.1 Å². The van der Waals surface area contributed by atoms with Gasteiger partial charge in [-0.25, -0.2) is 0 Å². The molecule has 0 bridgehead atoms. The van der Waals surface area contributed by atoms with E-state index >= 15 is 0 Å². The van der Waals surface area contributed by atoms with Crippen LogP contribution in [0.2, 0.25) is 0 Å². The van der Waals surface area contributed by atoms with Gasteiger partial charge in [0.05, 0.1) is 5.41 Å². The number of Topliss-reactive ketones (excluding diaryl/α,β-unsaturated/α-hetero) is 1. The fourth-order valence-corrected chi connectivity index (χ4v) is 2.89. The Labute approximate surface area is 79.5 Å². The van der Waals surface area contributed by atoms with E-state index in [0.29, 0.717) is 5.78 Å². The minimum Gasteiger partial charge on any atom is -0.294 e. The quantitative estimate of drug-likeness (QED) is 0.519. The van der Waals surface area contributed by atoms with Crippen molar-refractivity contribution in [3.05, 3.63) is 22.8 Å². The van der Waals surface area contributed by atoms with Crippen LogP contribution < -0.4 is 0 Å². The highest BCUT2D eigenvalue weighted by Gasteiger charge is 2.61. The van der Waals surface area contributed by atoms with Gasteiger partial charge in [0, 0.05) is 5.41 Å². The average Bonchev–Trinajstić information content (AvgIpc) is 2.19. The van der Waals surface area contributed by atoms with Gasteiger partial charge in [0.15, 0.2) is 5.78 Å². The van der Waals surface area contributed by atoms with Gasteiger partial charge in [0.25, 0.3) is 0 Å². The monoisotopic (exact) mass is 176 g/mol. The highest BCUT2D eigenvalue weighted by atomic mass is 16.1. The summed E-state index contributed by atoms with van der Waals surface area (Å²) >= 11 is 0. The van der Waals surface area contributed by atoms with Crippen molar-refractivity contribution in [1.82, 2.24) is 0 Å². The Kier molecular flexibility index (Phi) is 1.32. The number of ketones is 1. The van der Waals surface area contributed by atoms with Crippen molar-refractivity contribution >= 4 is 5.78 Å². The highest BCUT2D eigenvalue weighted by Crippen LogP contribution is 2.64. The summed E-state index contributed by atoms with van der Waals surface area (Å²) in [5.74, 6) is 0.326. The summed E-state index contributed by atoms with van der Waals surface area (Å²) in [5, 5.41) is 0. The zero-order valence-electron chi connectivity index (χ0n) is 8.99. The molecule has 70 valence electrons. The van der Waals surface area contributed by atoms with E-state index < -0.39 is 0 Å². The van der Waals surface area contributed by atoms with Crippen molar-refractivity contribution in [3.8, 4) is 0 Å². The van der Waals surface area contributed by atoms with Crippen LogP contribution >= 0.6 is 0 Å². The molecule has 1 heteroatoms. The summed E-state index contributed by atoms with van der Waals surface area (Å²) in [7, 11) is 0. The van der Waals surface area contributed by atoms with Crippen LogP contribution in [0.1, 0.15) is 34.6 Å². The molecule has 1 nitrogen and oxygen atoms in total. The number of hydrogen-bond donors (Lipinski definition) is 0. The number of allylic oxidation sites excluding steroid dienone is 4. The predicted molar refractivity (Wildman–Crippen MR) is 53.4 cm³/mol. The second-order valence-electron chi connectivity index (χ2n) is 4.73. The normalized spacial score (nSPS) is 43.2. The van der Waals surface area contributed by atoms with Gasteiger partial charge in [0.2, 0.25) is 0 Å². The summed E-state index contributed by atoms with van der Waals surface area (Å²) in [6.45, 7) is 10.3. The largest absolute Gasteiger partial charge is 0.294 e. The maximum absolute atomic E-state index is 12.0. The maximum atomic E-state index is 12.0. The van der Waals surface area contributed by atoms with Gasteiger partial charge in [0.1, 0.15) is 0 Å². The number of rotatable bonds is 0. The molecule has 0 aromatic carbocycles. The van der Waals surface area contributed by atoms with Gasteiger partial charge in [-0.05, 0) is 33.3 Å². The molecule has 0 aromatic heterocycles. The molecule has 0 amide bonds. The third-order valence-electron chi connectivity index (χ3n) is 4.47. The Hall–Kier alpha value is -0.850. The second kappa shape index (κ2) is 1.97. The second-order valence-corrected chi connectivity index (χ2v) is 4.73. The van der Waals surface area contributed by atoms with Gasteiger partial charge in [-0.2, -0.15) is 0 Å². The summed E-state index contributed by atoms with van der Waals surface area (Å²) in [4.78, 5) is 12.0. The Bertz CT molecular complexity index is 373. The van der Waals surface area contributed by atoms with Gasteiger partial charge in [-0.1, -0.05) is 24.1 Å². The third-order valence-corrected chi connectivity index (χ3v) is 4.47. The predicted octanol–water partition coefficient (Wildman–Crippen LogP) is 2.88. The molecule has 2 aliphatic rings. The van der Waals surface area contributed by atoms with Crippen LogP contribution in [0.15, 0.2) is 22.8 Å². The molecule has 0 N–H and O–H groups in total. The zero-order chi connectivity index (χ0) is 10.0. The van der Waals surface area contributed by atoms with Crippen molar-refractivity contribution in [1.29, 1.82) is 0 Å². The fourth-order valence-electron chi connectivity index (χ4n) is 2.89. The standard InChI is InChI=1S/C12H16O/c1-7-6-11(4)9(3)8(2)10(13)12(7,11)5/h6H,1-5H3. The Morgan fingerprint density at radius 2 is 1.69 bits per heavy atom. The van der Waals surface area contributed by atoms with Gasteiger partial charge in [-0.15, -0.1) is 0 Å². The number of hydrogen-bond acceptors (Lipinski definition) is 1. The lowest BCUT2D eigenvalue weighted by atomic mass is 9.52. The van der Waals surface area contributed by atoms with Crippen LogP contribution in [0.3, 0.4) is 0 Å². The highest BCUT2D eigenvalue weighted by molar-refractivity contribution is 6.08. The molecule has 2 atom stereocenters. The maximum Gasteiger partial charge on any atom is 0.169 e. The smallest absolute Gasteiger partial charge is 0.169 e. The number of carbonyl (C=O) groups excluding carboxylic acids is 1. The van der Waals surface area contributed by atoms with Gasteiger partial charge in [-0.3, -0.25) is 4.79 Å². The van der Waals surface area contributed by atoms with E-state index in [4.69, 9.17) is 0 Å². The Morgan fingerprint density at radius 1 is 1.15 bits per heavy atom. The van der Waals surface area contributed by atoms with Crippen molar-refractivity contribution in [2.24, 2.45) is 10.8 Å². The molecule has 0 saturated heterocycles. The first-order chi connectivity index (χ1) is 5.85. The molecule has 0 heterocycles. The molecule has 2 unspecified atom stereocenters. The van der Waals surface area contributed by atoms with Crippen molar-refractivity contribution in [3.63, 3.8) is 0 Å². The van der Waals surface area contributed by atoms with Crippen LogP contribution in [0.4, 0.5) is 0 Å². The lowest BCUT2D eigenvalue weighted by molar-refractivity contribution is -0.125. The molecule has 0 aromatic rings. The van der Waals surface area contributed by atoms with E-state index in [1.807, 2.05) is 6.92 Å². The lowest BCUT2D eigenvalue weighted by Gasteiger charge is -2.49. The average molecular weight is 176 g/mol. The fraction of sp³-hybridized carbons (Fsp3) is 0.583. The Morgan fingerprint density at radius 3 is 2.00 bits per heavy atom. The van der Waals surface area contributed by atoms with E-state index in [-0.39, 0.29) is 10.8 Å². The molecule has 2 aliphatic carbocycles. The van der Waals surface area contributed by atoms with E-state index in [1.54, 1.807) is 0 Å². The molecular formula is C12H16O. The molecule has 0 aliphatic heterocycles. The summed E-state index contributed by atoms with van der Waals surface area (Å²) in [6, 6.07) is 0. The van der Waals surface area contributed by atoms with Gasteiger partial charge >= 0.3 is 0 Å². The van der Waals surface area contributed by atoms with E-state index in [2.05, 4.69) is 33.8 Å². The first kappa shape index (κ1) is 8.74. The topological polar surface area (TPSA) is 17.1 Å². The molecule has 0 saturated carbocycles. The van der Waals surface area contributed by atoms with Crippen LogP contribution in [0, 0.1) is 10.8 Å². The Balaban J connectivity index is 2.67. The van der Waals surface area contributed by atoms with Crippen LogP contribution in [-0.2, 0) is 4.79 Å². The van der Waals surface area contributed by atoms with Crippen LogP contribution in [-0.4, -0.2) is 5.78 Å². The third kappa shape index (κ3) is 0.609. The minimum absolute atomic E-state index is 0.0122. The minimum atomic E-state index is -0.221. The van der Waals surface area contributed by atoms with Gasteiger partial charge < -0.3 is 0 Å². The molecule has 0 radical (unpaired) electrons.